The molecule has 1 unspecified atom stereocenters. The van der Waals surface area contributed by atoms with E-state index in [1.807, 2.05) is 20.8 Å². The molecule has 0 aromatic carbocycles. The van der Waals surface area contributed by atoms with Gasteiger partial charge in [-0.3, -0.25) is 9.59 Å². The molecule has 1 aliphatic carbocycles. The van der Waals surface area contributed by atoms with Gasteiger partial charge in [-0.2, -0.15) is 0 Å². The molecule has 0 spiro atoms. The Kier molecular flexibility index (Phi) is 7.57. The number of fused-ring (bicyclic) bond motifs is 1. The van der Waals surface area contributed by atoms with Crippen LogP contribution in [0.4, 0.5) is 0 Å². The van der Waals surface area contributed by atoms with Crippen LogP contribution in [0.25, 0.3) is 6.08 Å². The van der Waals surface area contributed by atoms with Crippen LogP contribution in [0, 0.1) is 11.3 Å². The van der Waals surface area contributed by atoms with E-state index in [-0.39, 0.29) is 11.8 Å². The number of hydrogen-bond acceptors (Lipinski definition) is 4. The summed E-state index contributed by atoms with van der Waals surface area (Å²) in [4.78, 5) is 32.8. The van der Waals surface area contributed by atoms with Crippen LogP contribution in [-0.4, -0.2) is 52.9 Å². The average molecular weight is 430 g/mol. The highest BCUT2D eigenvalue weighted by molar-refractivity contribution is 5.97. The minimum atomic E-state index is -0.632. The van der Waals surface area contributed by atoms with Crippen LogP contribution in [-0.2, 0) is 17.9 Å². The molecule has 2 heterocycles. The number of nitrogens with zero attached hydrogens (tertiary/aromatic N) is 3. The van der Waals surface area contributed by atoms with Gasteiger partial charge in [0.05, 0.1) is 5.69 Å². The topological polar surface area (TPSA) is 79.3 Å². The van der Waals surface area contributed by atoms with Crippen molar-refractivity contribution in [3.8, 4) is 0 Å². The summed E-state index contributed by atoms with van der Waals surface area (Å²) in [7, 11) is 3.67. The van der Waals surface area contributed by atoms with Gasteiger partial charge in [0, 0.05) is 20.1 Å². The van der Waals surface area contributed by atoms with Gasteiger partial charge >= 0.3 is 0 Å². The summed E-state index contributed by atoms with van der Waals surface area (Å²) >= 11 is 0. The number of allylic oxidation sites excluding steroid dienone is 1. The Bertz CT molecular complexity index is 815. The predicted molar refractivity (Wildman–Crippen MR) is 124 cm³/mol. The van der Waals surface area contributed by atoms with Crippen LogP contribution in [0.5, 0.6) is 0 Å². The van der Waals surface area contributed by atoms with Gasteiger partial charge in [-0.15, -0.1) is 0 Å². The van der Waals surface area contributed by atoms with Crippen molar-refractivity contribution in [2.24, 2.45) is 11.3 Å². The molecule has 2 amide bonds. The summed E-state index contributed by atoms with van der Waals surface area (Å²) in [5, 5.41) is 5.63. The summed E-state index contributed by atoms with van der Waals surface area (Å²) in [6.45, 7) is 8.36. The lowest BCUT2D eigenvalue weighted by molar-refractivity contribution is -0.124. The molecule has 7 heteroatoms. The highest BCUT2D eigenvalue weighted by atomic mass is 16.2. The summed E-state index contributed by atoms with van der Waals surface area (Å²) in [6, 6.07) is -0.632. The molecule has 2 aliphatic rings. The highest BCUT2D eigenvalue weighted by Gasteiger charge is 2.34. The molecule has 0 radical (unpaired) electrons. The van der Waals surface area contributed by atoms with Crippen molar-refractivity contribution in [3.63, 3.8) is 0 Å². The number of carbonyl (C=O) groups excluding carboxylic acids is 2. The predicted octanol–water partition coefficient (Wildman–Crippen LogP) is 3.20. The fourth-order valence-corrected chi connectivity index (χ4v) is 4.63. The van der Waals surface area contributed by atoms with Gasteiger partial charge in [0.2, 0.25) is 5.91 Å². The van der Waals surface area contributed by atoms with Crippen molar-refractivity contribution >= 4 is 17.9 Å². The van der Waals surface area contributed by atoms with Crippen LogP contribution in [0.15, 0.2) is 6.08 Å². The van der Waals surface area contributed by atoms with Crippen molar-refractivity contribution < 1.29 is 9.59 Å². The molecule has 31 heavy (non-hydrogen) atoms. The summed E-state index contributed by atoms with van der Waals surface area (Å²) in [5.74, 6) is 0.986. The third-order valence-electron chi connectivity index (χ3n) is 6.48. The summed E-state index contributed by atoms with van der Waals surface area (Å²) < 4.78 is 2.20. The largest absolute Gasteiger partial charge is 0.357 e. The molecule has 1 aliphatic heterocycles. The average Bonchev–Trinajstić information content (AvgIpc) is 2.94. The Morgan fingerprint density at radius 2 is 1.84 bits per heavy atom. The lowest BCUT2D eigenvalue weighted by atomic mass is 9.86. The zero-order chi connectivity index (χ0) is 22.6. The van der Waals surface area contributed by atoms with Crippen LogP contribution in [0.2, 0.25) is 0 Å². The molecule has 1 fully saturated rings. The van der Waals surface area contributed by atoms with Crippen LogP contribution >= 0.6 is 0 Å². The molecule has 2 N–H and O–H groups in total. The van der Waals surface area contributed by atoms with Gasteiger partial charge in [0.1, 0.15) is 11.9 Å². The molecular formula is C24H39N5O2. The maximum absolute atomic E-state index is 13.3. The number of aromatic nitrogens is 2. The second-order valence-electron chi connectivity index (χ2n) is 10.2. The maximum atomic E-state index is 13.3. The zero-order valence-electron chi connectivity index (χ0n) is 19.8. The number of likely N-dealkylation sites (N-methyl/N-ethyl adjacent to an activating group) is 1. The Hall–Kier alpha value is -2.15. The van der Waals surface area contributed by atoms with E-state index in [1.165, 1.54) is 32.1 Å². The summed E-state index contributed by atoms with van der Waals surface area (Å²) in [5.41, 5.74) is 0.966. The lowest BCUT2D eigenvalue weighted by Gasteiger charge is -2.29. The van der Waals surface area contributed by atoms with Gasteiger partial charge in [-0.25, -0.2) is 4.98 Å². The lowest BCUT2D eigenvalue weighted by Crippen LogP contribution is -2.53. The number of amides is 2. The van der Waals surface area contributed by atoms with Crippen LogP contribution in [0.3, 0.4) is 0 Å². The standard InChI is InChI=1S/C24H39N5O2/c1-24(2,3)21(23(31)25-4)27-22(30)20-18-16-28(5)14-9-15-29(18)19(26-20)13-12-17-10-7-6-8-11-17/h12-13,17,21H,6-11,14-16H2,1-5H3,(H,25,31)(H,27,30). The van der Waals surface area contributed by atoms with Crippen molar-refractivity contribution in [1.82, 2.24) is 25.1 Å². The minimum absolute atomic E-state index is 0.194. The molecule has 1 atom stereocenters. The van der Waals surface area contributed by atoms with E-state index in [0.29, 0.717) is 18.2 Å². The second-order valence-corrected chi connectivity index (χ2v) is 10.2. The van der Waals surface area contributed by atoms with E-state index in [1.54, 1.807) is 7.05 Å². The molecule has 0 bridgehead atoms. The van der Waals surface area contributed by atoms with Gasteiger partial charge in [0.25, 0.3) is 5.91 Å². The molecule has 7 nitrogen and oxygen atoms in total. The van der Waals surface area contributed by atoms with Crippen molar-refractivity contribution in [1.29, 1.82) is 0 Å². The fourth-order valence-electron chi connectivity index (χ4n) is 4.63. The van der Waals surface area contributed by atoms with E-state index in [9.17, 15) is 9.59 Å². The van der Waals surface area contributed by atoms with E-state index in [0.717, 1.165) is 31.0 Å². The van der Waals surface area contributed by atoms with Crippen molar-refractivity contribution in [2.75, 3.05) is 20.6 Å². The van der Waals surface area contributed by atoms with Gasteiger partial charge in [0.15, 0.2) is 5.69 Å². The Labute approximate surface area is 186 Å². The van der Waals surface area contributed by atoms with Crippen LogP contribution in [0.1, 0.15) is 81.3 Å². The van der Waals surface area contributed by atoms with Gasteiger partial charge in [-0.1, -0.05) is 46.1 Å². The highest BCUT2D eigenvalue weighted by Crippen LogP contribution is 2.27. The number of rotatable bonds is 5. The SMILES string of the molecule is CNC(=O)C(NC(=O)c1nc(C=CC2CCCCC2)n2c1CN(C)CCC2)C(C)(C)C. The number of imidazole rings is 1. The number of nitrogens with one attached hydrogen (secondary N) is 2. The first kappa shape index (κ1) is 23.5. The van der Waals surface area contributed by atoms with E-state index in [4.69, 9.17) is 4.98 Å². The van der Waals surface area contributed by atoms with Gasteiger partial charge < -0.3 is 20.1 Å². The van der Waals surface area contributed by atoms with Gasteiger partial charge in [-0.05, 0) is 50.3 Å². The molecule has 3 rings (SSSR count). The first-order valence-corrected chi connectivity index (χ1v) is 11.7. The molecule has 1 aromatic heterocycles. The molecule has 1 saturated carbocycles. The van der Waals surface area contributed by atoms with E-state index in [2.05, 4.69) is 39.3 Å². The third-order valence-corrected chi connectivity index (χ3v) is 6.48. The first-order chi connectivity index (χ1) is 14.7. The monoisotopic (exact) mass is 429 g/mol. The Morgan fingerprint density at radius 1 is 1.13 bits per heavy atom. The van der Waals surface area contributed by atoms with E-state index < -0.39 is 11.5 Å². The quantitative estimate of drug-likeness (QED) is 0.753. The van der Waals surface area contributed by atoms with Crippen molar-refractivity contribution in [3.05, 3.63) is 23.3 Å². The second kappa shape index (κ2) is 9.98. The normalized spacial score (nSPS) is 19.6. The maximum Gasteiger partial charge on any atom is 0.272 e. The van der Waals surface area contributed by atoms with Crippen LogP contribution < -0.4 is 10.6 Å². The molecule has 0 saturated heterocycles. The molecule has 172 valence electrons. The minimum Gasteiger partial charge on any atom is -0.357 e. The Balaban J connectivity index is 1.91. The Morgan fingerprint density at radius 3 is 2.48 bits per heavy atom. The first-order valence-electron chi connectivity index (χ1n) is 11.7. The fraction of sp³-hybridized carbons (Fsp3) is 0.708. The smallest absolute Gasteiger partial charge is 0.272 e. The molecule has 1 aromatic rings. The van der Waals surface area contributed by atoms with E-state index >= 15 is 0 Å². The summed E-state index contributed by atoms with van der Waals surface area (Å²) in [6.07, 6.45) is 11.8. The number of carbonyl (C=O) groups is 2. The molecular weight excluding hydrogens is 390 g/mol. The van der Waals surface area contributed by atoms with Crippen molar-refractivity contribution in [2.45, 2.75) is 78.4 Å². The number of hydrogen-bond donors (Lipinski definition) is 2. The zero-order valence-corrected chi connectivity index (χ0v) is 19.8. The third kappa shape index (κ3) is 5.76.